The number of ketones is 1. The number of rotatable bonds is 5. The summed E-state index contributed by atoms with van der Waals surface area (Å²) in [5, 5.41) is 2.70. The fourth-order valence-electron chi connectivity index (χ4n) is 2.56. The lowest BCUT2D eigenvalue weighted by Gasteiger charge is -2.01. The molecule has 0 aliphatic carbocycles. The zero-order valence-electron chi connectivity index (χ0n) is 14.6. The van der Waals surface area contributed by atoms with Gasteiger partial charge < -0.3 is 10.3 Å². The molecule has 1 amide bonds. The van der Waals surface area contributed by atoms with Crippen LogP contribution in [0.2, 0.25) is 0 Å². The fourth-order valence-corrected chi connectivity index (χ4v) is 2.56. The number of carbonyl (C=O) groups is 2. The van der Waals surface area contributed by atoms with Crippen molar-refractivity contribution in [1.29, 1.82) is 0 Å². The molecule has 0 aliphatic heterocycles. The van der Waals surface area contributed by atoms with Gasteiger partial charge in [0.15, 0.2) is 0 Å². The van der Waals surface area contributed by atoms with E-state index in [0.29, 0.717) is 11.5 Å². The van der Waals surface area contributed by atoms with Crippen LogP contribution in [0, 0.1) is 6.92 Å². The summed E-state index contributed by atoms with van der Waals surface area (Å²) in [7, 11) is 0. The molecular weight excluding hydrogens is 326 g/mol. The van der Waals surface area contributed by atoms with Crippen LogP contribution in [0.15, 0.2) is 60.7 Å². The highest BCUT2D eigenvalue weighted by Gasteiger charge is 2.13. The molecule has 0 unspecified atom stereocenters. The highest BCUT2D eigenvalue weighted by Crippen LogP contribution is 2.18. The summed E-state index contributed by atoms with van der Waals surface area (Å²) in [6, 6.07) is 16.9. The zero-order valence-corrected chi connectivity index (χ0v) is 14.6. The normalized spacial score (nSPS) is 10.8. The van der Waals surface area contributed by atoms with Crippen molar-refractivity contribution in [2.24, 2.45) is 0 Å². The number of anilines is 1. The number of benzene rings is 2. The topological polar surface area (TPSA) is 74.8 Å². The van der Waals surface area contributed by atoms with Crippen LogP contribution in [0.25, 0.3) is 17.5 Å². The number of hydrogen-bond acceptors (Lipinski definition) is 3. The maximum atomic E-state index is 12.5. The van der Waals surface area contributed by atoms with E-state index >= 15 is 0 Å². The first-order chi connectivity index (χ1) is 12.5. The number of imidazole rings is 1. The zero-order chi connectivity index (χ0) is 18.5. The summed E-state index contributed by atoms with van der Waals surface area (Å²) in [6.45, 7) is 3.30. The Morgan fingerprint density at radius 3 is 2.38 bits per heavy atom. The van der Waals surface area contributed by atoms with Gasteiger partial charge in [0.25, 0.3) is 0 Å². The average molecular weight is 345 g/mol. The van der Waals surface area contributed by atoms with E-state index in [0.717, 1.165) is 22.5 Å². The molecule has 0 spiro atoms. The Labute approximate surface area is 151 Å². The molecule has 2 aromatic carbocycles. The minimum Gasteiger partial charge on any atom is -0.341 e. The van der Waals surface area contributed by atoms with Crippen molar-refractivity contribution in [2.45, 2.75) is 13.8 Å². The van der Waals surface area contributed by atoms with Gasteiger partial charge in [-0.05, 0) is 30.7 Å². The number of aryl methyl sites for hydroxylation is 1. The van der Waals surface area contributed by atoms with Gasteiger partial charge in [0.05, 0.1) is 0 Å². The van der Waals surface area contributed by atoms with Gasteiger partial charge in [-0.15, -0.1) is 0 Å². The van der Waals surface area contributed by atoms with Crippen molar-refractivity contribution in [2.75, 3.05) is 5.32 Å². The molecule has 0 saturated heterocycles. The van der Waals surface area contributed by atoms with Crippen LogP contribution in [0.5, 0.6) is 0 Å². The Bertz CT molecular complexity index is 955. The van der Waals surface area contributed by atoms with E-state index in [4.69, 9.17) is 0 Å². The number of aromatic nitrogens is 2. The molecule has 0 fully saturated rings. The second-order valence-electron chi connectivity index (χ2n) is 5.93. The summed E-state index contributed by atoms with van der Waals surface area (Å²) in [6.07, 6.45) is 3.24. The second kappa shape index (κ2) is 7.61. The van der Waals surface area contributed by atoms with E-state index in [-0.39, 0.29) is 11.7 Å². The molecule has 26 heavy (non-hydrogen) atoms. The monoisotopic (exact) mass is 345 g/mol. The number of carbonyl (C=O) groups excluding carboxylic acids is 2. The molecule has 2 N–H and O–H groups in total. The maximum absolute atomic E-state index is 12.5. The van der Waals surface area contributed by atoms with Gasteiger partial charge in [-0.2, -0.15) is 0 Å². The smallest absolute Gasteiger partial charge is 0.221 e. The van der Waals surface area contributed by atoms with Gasteiger partial charge in [0.2, 0.25) is 11.7 Å². The first kappa shape index (κ1) is 17.4. The number of hydrogen-bond donors (Lipinski definition) is 2. The predicted molar refractivity (Wildman–Crippen MR) is 103 cm³/mol. The number of nitrogens with one attached hydrogen (secondary N) is 2. The standard InChI is InChI=1S/C21H19N3O2/c1-14-20(24-21(22-14)17-6-4-3-5-7-17)19(26)13-10-16-8-11-18(12-9-16)23-15(2)25/h3-13H,1-2H3,(H,22,24)(H,23,25)/b13-10+. The summed E-state index contributed by atoms with van der Waals surface area (Å²) < 4.78 is 0. The molecule has 5 nitrogen and oxygen atoms in total. The number of aromatic amines is 1. The van der Waals surface area contributed by atoms with E-state index in [1.54, 1.807) is 18.2 Å². The van der Waals surface area contributed by atoms with E-state index in [1.165, 1.54) is 13.0 Å². The maximum Gasteiger partial charge on any atom is 0.221 e. The average Bonchev–Trinajstić information content (AvgIpc) is 3.03. The molecule has 1 heterocycles. The molecule has 5 heteroatoms. The molecule has 1 aromatic heterocycles. The molecule has 0 radical (unpaired) electrons. The van der Waals surface area contributed by atoms with Gasteiger partial charge in [-0.3, -0.25) is 9.59 Å². The first-order valence-corrected chi connectivity index (χ1v) is 8.25. The summed E-state index contributed by atoms with van der Waals surface area (Å²) in [4.78, 5) is 31.1. The molecule has 0 aliphatic rings. The van der Waals surface area contributed by atoms with Crippen molar-refractivity contribution in [3.8, 4) is 11.4 Å². The molecule has 3 aromatic rings. The predicted octanol–water partition coefficient (Wildman–Crippen LogP) is 4.24. The van der Waals surface area contributed by atoms with Crippen molar-refractivity contribution < 1.29 is 9.59 Å². The van der Waals surface area contributed by atoms with Crippen LogP contribution in [0.4, 0.5) is 5.69 Å². The lowest BCUT2D eigenvalue weighted by molar-refractivity contribution is -0.114. The fraction of sp³-hybridized carbons (Fsp3) is 0.0952. The largest absolute Gasteiger partial charge is 0.341 e. The van der Waals surface area contributed by atoms with Crippen molar-refractivity contribution >= 4 is 23.5 Å². The van der Waals surface area contributed by atoms with Crippen molar-refractivity contribution in [3.05, 3.63) is 77.6 Å². The van der Waals surface area contributed by atoms with Crippen molar-refractivity contribution in [1.82, 2.24) is 9.97 Å². The number of nitrogens with zero attached hydrogens (tertiary/aromatic N) is 1. The third-order valence-corrected chi connectivity index (χ3v) is 3.82. The number of allylic oxidation sites excluding steroid dienone is 1. The van der Waals surface area contributed by atoms with Crippen LogP contribution in [-0.4, -0.2) is 21.7 Å². The Hall–Kier alpha value is -3.47. The minimum atomic E-state index is -0.160. The SMILES string of the molecule is CC(=O)Nc1ccc(/C=C/C(=O)c2nc(-c3ccccc3)[nH]c2C)cc1. The van der Waals surface area contributed by atoms with Crippen LogP contribution in [0.1, 0.15) is 28.7 Å². The van der Waals surface area contributed by atoms with E-state index in [2.05, 4.69) is 15.3 Å². The molecule has 0 saturated carbocycles. The van der Waals surface area contributed by atoms with Gasteiger partial charge in [0.1, 0.15) is 11.5 Å². The van der Waals surface area contributed by atoms with Crippen LogP contribution in [-0.2, 0) is 4.79 Å². The molecular formula is C21H19N3O2. The van der Waals surface area contributed by atoms with Crippen LogP contribution < -0.4 is 5.32 Å². The van der Waals surface area contributed by atoms with Gasteiger partial charge in [-0.25, -0.2) is 4.98 Å². The third kappa shape index (κ3) is 4.13. The van der Waals surface area contributed by atoms with Crippen LogP contribution >= 0.6 is 0 Å². The quantitative estimate of drug-likeness (QED) is 0.536. The lowest BCUT2D eigenvalue weighted by atomic mass is 10.1. The Morgan fingerprint density at radius 2 is 1.73 bits per heavy atom. The van der Waals surface area contributed by atoms with E-state index in [1.807, 2.05) is 49.4 Å². The summed E-state index contributed by atoms with van der Waals surface area (Å²) in [5.74, 6) is 0.401. The third-order valence-electron chi connectivity index (χ3n) is 3.82. The van der Waals surface area contributed by atoms with Gasteiger partial charge >= 0.3 is 0 Å². The Morgan fingerprint density at radius 1 is 1.04 bits per heavy atom. The molecule has 130 valence electrons. The molecule has 0 bridgehead atoms. The summed E-state index contributed by atoms with van der Waals surface area (Å²) >= 11 is 0. The Balaban J connectivity index is 1.75. The van der Waals surface area contributed by atoms with Crippen molar-refractivity contribution in [3.63, 3.8) is 0 Å². The highest BCUT2D eigenvalue weighted by molar-refractivity contribution is 6.06. The van der Waals surface area contributed by atoms with Crippen LogP contribution in [0.3, 0.4) is 0 Å². The first-order valence-electron chi connectivity index (χ1n) is 8.25. The van der Waals surface area contributed by atoms with Gasteiger partial charge in [-0.1, -0.05) is 48.5 Å². The minimum absolute atomic E-state index is 0.119. The van der Waals surface area contributed by atoms with E-state index < -0.39 is 0 Å². The lowest BCUT2D eigenvalue weighted by Crippen LogP contribution is -2.05. The second-order valence-corrected chi connectivity index (χ2v) is 5.93. The highest BCUT2D eigenvalue weighted by atomic mass is 16.1. The van der Waals surface area contributed by atoms with E-state index in [9.17, 15) is 9.59 Å². The van der Waals surface area contributed by atoms with Gasteiger partial charge in [0, 0.05) is 23.9 Å². The Kier molecular flexibility index (Phi) is 5.08. The number of amides is 1. The molecule has 0 atom stereocenters. The number of H-pyrrole nitrogens is 1. The molecule has 3 rings (SSSR count). The summed E-state index contributed by atoms with van der Waals surface area (Å²) in [5.41, 5.74) is 3.67.